The van der Waals surface area contributed by atoms with Crippen molar-refractivity contribution in [2.75, 3.05) is 26.4 Å². The normalized spacial score (nSPS) is 12.4. The van der Waals surface area contributed by atoms with E-state index in [1.54, 1.807) is 48.5 Å². The Bertz CT molecular complexity index is 1660. The van der Waals surface area contributed by atoms with E-state index in [9.17, 15) is 16.8 Å². The maximum atomic E-state index is 13.0. The molecule has 0 fully saturated rings. The fraction of sp³-hybridized carbons (Fsp3) is 0.333. The van der Waals surface area contributed by atoms with Crippen molar-refractivity contribution in [1.82, 2.24) is 0 Å². The van der Waals surface area contributed by atoms with Crippen LogP contribution in [0.25, 0.3) is 0 Å². The molecule has 4 aromatic carbocycles. The lowest BCUT2D eigenvalue weighted by molar-refractivity contribution is 0.0764. The summed E-state index contributed by atoms with van der Waals surface area (Å²) in [7, 11) is -7.38. The number of sulfone groups is 2. The SMILES string of the molecule is CC(C)(C)Oc1ccc(S(=O)(=O)c2ccc(OCCOCCOc3ccc(S(=O)(=O)c4ccc(OC(C)(C)C)cc4)cc3)cc2)cc1. The molecule has 0 unspecified atom stereocenters. The second-order valence-corrected chi connectivity index (χ2v) is 16.5. The Morgan fingerprint density at radius 1 is 0.404 bits per heavy atom. The molecule has 0 amide bonds. The van der Waals surface area contributed by atoms with Crippen LogP contribution in [-0.2, 0) is 24.4 Å². The molecule has 11 heteroatoms. The zero-order valence-electron chi connectivity index (χ0n) is 27.6. The van der Waals surface area contributed by atoms with Crippen LogP contribution >= 0.6 is 0 Å². The minimum absolute atomic E-state index is 0.161. The van der Waals surface area contributed by atoms with Gasteiger partial charge in [-0.2, -0.15) is 0 Å². The minimum atomic E-state index is -3.69. The van der Waals surface area contributed by atoms with Gasteiger partial charge in [0.25, 0.3) is 0 Å². The molecule has 0 radical (unpaired) electrons. The van der Waals surface area contributed by atoms with E-state index in [0.717, 1.165) is 0 Å². The number of ether oxygens (including phenoxy) is 5. The standard InChI is InChI=1S/C36H42O9S2/c1-35(2,3)44-29-11-19-33(20-12-29)46(37,38)31-15-7-27(8-16-31)42-25-23-41-24-26-43-28-9-17-32(18-10-28)47(39,40)34-21-13-30(14-22-34)45-36(4,5)6/h7-22H,23-26H2,1-6H3. The molecule has 0 aromatic heterocycles. The third-order valence-electron chi connectivity index (χ3n) is 6.38. The van der Waals surface area contributed by atoms with Gasteiger partial charge in [-0.15, -0.1) is 0 Å². The Morgan fingerprint density at radius 2 is 0.660 bits per heavy atom. The third kappa shape index (κ3) is 10.5. The van der Waals surface area contributed by atoms with Crippen molar-refractivity contribution in [1.29, 1.82) is 0 Å². The van der Waals surface area contributed by atoms with E-state index in [4.69, 9.17) is 23.7 Å². The molecule has 4 aromatic rings. The average Bonchev–Trinajstić information content (AvgIpc) is 3.00. The Hall–Kier alpha value is -4.06. The van der Waals surface area contributed by atoms with Gasteiger partial charge in [-0.25, -0.2) is 16.8 Å². The van der Waals surface area contributed by atoms with Crippen molar-refractivity contribution < 1.29 is 40.5 Å². The van der Waals surface area contributed by atoms with Crippen LogP contribution in [0.5, 0.6) is 23.0 Å². The highest BCUT2D eigenvalue weighted by atomic mass is 32.2. The molecule has 0 saturated carbocycles. The maximum absolute atomic E-state index is 13.0. The average molecular weight is 683 g/mol. The third-order valence-corrected chi connectivity index (χ3v) is 9.95. The van der Waals surface area contributed by atoms with Crippen molar-refractivity contribution in [3.8, 4) is 23.0 Å². The second-order valence-electron chi connectivity index (χ2n) is 12.6. The van der Waals surface area contributed by atoms with Gasteiger partial charge >= 0.3 is 0 Å². The summed E-state index contributed by atoms with van der Waals surface area (Å²) in [6, 6.07) is 25.2. The maximum Gasteiger partial charge on any atom is 0.206 e. The second kappa shape index (κ2) is 14.8. The van der Waals surface area contributed by atoms with Crippen LogP contribution in [0.1, 0.15) is 41.5 Å². The van der Waals surface area contributed by atoms with Gasteiger partial charge < -0.3 is 23.7 Å². The number of hydrogen-bond donors (Lipinski definition) is 0. The predicted octanol–water partition coefficient (Wildman–Crippen LogP) is 7.18. The van der Waals surface area contributed by atoms with Crippen LogP contribution in [0.15, 0.2) is 117 Å². The monoisotopic (exact) mass is 682 g/mol. The van der Waals surface area contributed by atoms with Crippen molar-refractivity contribution >= 4 is 19.7 Å². The van der Waals surface area contributed by atoms with Crippen molar-refractivity contribution in [2.45, 2.75) is 72.3 Å². The zero-order chi connectivity index (χ0) is 34.3. The van der Waals surface area contributed by atoms with Crippen LogP contribution in [0.2, 0.25) is 0 Å². The van der Waals surface area contributed by atoms with Gasteiger partial charge in [-0.3, -0.25) is 0 Å². The lowest BCUT2D eigenvalue weighted by atomic mass is 10.2. The topological polar surface area (TPSA) is 114 Å². The molecule has 0 bridgehead atoms. The Balaban J connectivity index is 1.17. The van der Waals surface area contributed by atoms with Crippen LogP contribution in [0, 0.1) is 0 Å². The Kier molecular flexibility index (Phi) is 11.3. The quantitative estimate of drug-likeness (QED) is 0.128. The first-order valence-corrected chi connectivity index (χ1v) is 18.1. The van der Waals surface area contributed by atoms with Gasteiger partial charge in [0, 0.05) is 0 Å². The van der Waals surface area contributed by atoms with Gasteiger partial charge in [0.05, 0.1) is 32.8 Å². The van der Waals surface area contributed by atoms with Crippen LogP contribution in [-0.4, -0.2) is 54.5 Å². The molecule has 0 saturated heterocycles. The fourth-order valence-corrected chi connectivity index (χ4v) is 6.84. The number of hydrogen-bond acceptors (Lipinski definition) is 9. The summed E-state index contributed by atoms with van der Waals surface area (Å²) in [6.07, 6.45) is 0. The van der Waals surface area contributed by atoms with Gasteiger partial charge in [0.1, 0.15) is 47.4 Å². The first-order chi connectivity index (χ1) is 22.0. The minimum Gasteiger partial charge on any atom is -0.491 e. The lowest BCUT2D eigenvalue weighted by Gasteiger charge is -2.21. The molecule has 4 rings (SSSR count). The van der Waals surface area contributed by atoms with Crippen molar-refractivity contribution in [3.63, 3.8) is 0 Å². The lowest BCUT2D eigenvalue weighted by Crippen LogP contribution is -2.22. The fourth-order valence-electron chi connectivity index (χ4n) is 4.32. The highest BCUT2D eigenvalue weighted by molar-refractivity contribution is 7.91. The summed E-state index contributed by atoms with van der Waals surface area (Å²) in [6.45, 7) is 12.7. The summed E-state index contributed by atoms with van der Waals surface area (Å²) in [5.41, 5.74) is -0.760. The molecule has 9 nitrogen and oxygen atoms in total. The van der Waals surface area contributed by atoms with E-state index in [-0.39, 0.29) is 44.0 Å². The largest absolute Gasteiger partial charge is 0.491 e. The Morgan fingerprint density at radius 3 is 0.915 bits per heavy atom. The Labute approximate surface area is 278 Å². The summed E-state index contributed by atoms with van der Waals surface area (Å²) in [5.74, 6) is 2.23. The van der Waals surface area contributed by atoms with Crippen molar-refractivity contribution in [3.05, 3.63) is 97.1 Å². The number of rotatable bonds is 14. The van der Waals surface area contributed by atoms with Crippen LogP contribution in [0.3, 0.4) is 0 Å². The van der Waals surface area contributed by atoms with Crippen LogP contribution < -0.4 is 18.9 Å². The molecule has 0 aliphatic carbocycles. The van der Waals surface area contributed by atoms with E-state index in [1.807, 2.05) is 41.5 Å². The molecule has 0 spiro atoms. The van der Waals surface area contributed by atoms with Crippen LogP contribution in [0.4, 0.5) is 0 Å². The molecular weight excluding hydrogens is 641 g/mol. The molecule has 0 N–H and O–H groups in total. The van der Waals surface area contributed by atoms with E-state index in [0.29, 0.717) is 36.2 Å². The van der Waals surface area contributed by atoms with Gasteiger partial charge in [0.2, 0.25) is 19.7 Å². The smallest absolute Gasteiger partial charge is 0.206 e. The summed E-state index contributed by atoms with van der Waals surface area (Å²) < 4.78 is 80.6. The summed E-state index contributed by atoms with van der Waals surface area (Å²) >= 11 is 0. The van der Waals surface area contributed by atoms with Gasteiger partial charge in [-0.1, -0.05) is 0 Å². The molecule has 47 heavy (non-hydrogen) atoms. The van der Waals surface area contributed by atoms with Gasteiger partial charge in [-0.05, 0) is 139 Å². The van der Waals surface area contributed by atoms with Gasteiger partial charge in [0.15, 0.2) is 0 Å². The van der Waals surface area contributed by atoms with E-state index < -0.39 is 19.7 Å². The van der Waals surface area contributed by atoms with Crippen molar-refractivity contribution in [2.24, 2.45) is 0 Å². The predicted molar refractivity (Wildman–Crippen MR) is 179 cm³/mol. The first-order valence-electron chi connectivity index (χ1n) is 15.1. The molecular formula is C36H42O9S2. The summed E-state index contributed by atoms with van der Waals surface area (Å²) in [5, 5.41) is 0. The van der Waals surface area contributed by atoms with E-state index in [1.165, 1.54) is 48.5 Å². The molecule has 0 heterocycles. The van der Waals surface area contributed by atoms with E-state index >= 15 is 0 Å². The highest BCUT2D eigenvalue weighted by Crippen LogP contribution is 2.28. The summed E-state index contributed by atoms with van der Waals surface area (Å²) in [4.78, 5) is 0.678. The zero-order valence-corrected chi connectivity index (χ0v) is 29.2. The number of benzene rings is 4. The van der Waals surface area contributed by atoms with E-state index in [2.05, 4.69) is 0 Å². The molecule has 0 atom stereocenters. The molecule has 0 aliphatic heterocycles. The highest BCUT2D eigenvalue weighted by Gasteiger charge is 2.20. The first kappa shape index (κ1) is 35.8. The molecule has 252 valence electrons. The molecule has 0 aliphatic rings.